The van der Waals surface area contributed by atoms with Crippen molar-refractivity contribution in [1.29, 1.82) is 0 Å². The highest BCUT2D eigenvalue weighted by molar-refractivity contribution is 6.06. The highest BCUT2D eigenvalue weighted by Crippen LogP contribution is 2.27. The molecule has 78 valence electrons. The quantitative estimate of drug-likeness (QED) is 0.579. The van der Waals surface area contributed by atoms with E-state index in [-0.39, 0.29) is 5.88 Å². The summed E-state index contributed by atoms with van der Waals surface area (Å²) in [5.74, 6) is -0.0755. The molecule has 0 saturated heterocycles. The van der Waals surface area contributed by atoms with Crippen molar-refractivity contribution in [2.24, 2.45) is 0 Å². The van der Waals surface area contributed by atoms with E-state index < -0.39 is 0 Å². The highest BCUT2D eigenvalue weighted by atomic mass is 16.3. The predicted octanol–water partition coefficient (Wildman–Crippen LogP) is 2.19. The van der Waals surface area contributed by atoms with Gasteiger partial charge in [-0.05, 0) is 29.7 Å². The molecule has 0 amide bonds. The molecule has 0 radical (unpaired) electrons. The summed E-state index contributed by atoms with van der Waals surface area (Å²) >= 11 is 0. The molecule has 2 aromatic carbocycles. The Morgan fingerprint density at radius 2 is 1.81 bits per heavy atom. The van der Waals surface area contributed by atoms with Gasteiger partial charge in [-0.1, -0.05) is 28.9 Å². The van der Waals surface area contributed by atoms with Gasteiger partial charge in [0.1, 0.15) is 5.52 Å². The first kappa shape index (κ1) is 9.03. The molecule has 3 rings (SSSR count). The van der Waals surface area contributed by atoms with Crippen molar-refractivity contribution >= 4 is 21.7 Å². The molecule has 0 aliphatic rings. The summed E-state index contributed by atoms with van der Waals surface area (Å²) in [5, 5.41) is 23.4. The molecule has 0 aliphatic heterocycles. The number of aromatic nitrogens is 3. The molecule has 1 heterocycles. The minimum Gasteiger partial charge on any atom is -0.492 e. The molecular formula is C12H9N3O. The summed E-state index contributed by atoms with van der Waals surface area (Å²) in [4.78, 5) is 0. The van der Waals surface area contributed by atoms with Crippen LogP contribution in [0.15, 0.2) is 30.3 Å². The molecular weight excluding hydrogens is 202 g/mol. The third-order valence-corrected chi connectivity index (χ3v) is 2.67. The molecule has 0 atom stereocenters. The monoisotopic (exact) mass is 211 g/mol. The van der Waals surface area contributed by atoms with Crippen LogP contribution >= 0.6 is 0 Å². The molecule has 0 fully saturated rings. The zero-order valence-electron chi connectivity index (χ0n) is 8.68. The Kier molecular flexibility index (Phi) is 1.77. The predicted molar refractivity (Wildman–Crippen MR) is 61.2 cm³/mol. The Hall–Kier alpha value is -2.23. The van der Waals surface area contributed by atoms with Crippen molar-refractivity contribution in [3.8, 4) is 5.88 Å². The van der Waals surface area contributed by atoms with Gasteiger partial charge in [0.25, 0.3) is 0 Å². The van der Waals surface area contributed by atoms with Crippen LogP contribution in [-0.4, -0.2) is 20.5 Å². The lowest BCUT2D eigenvalue weighted by Crippen LogP contribution is -1.90. The van der Waals surface area contributed by atoms with Gasteiger partial charge in [-0.15, -0.1) is 5.10 Å². The van der Waals surface area contributed by atoms with Crippen molar-refractivity contribution in [1.82, 2.24) is 15.4 Å². The van der Waals surface area contributed by atoms with Crippen molar-refractivity contribution < 1.29 is 5.11 Å². The third kappa shape index (κ3) is 1.20. The second-order valence-corrected chi connectivity index (χ2v) is 3.80. The molecule has 4 nitrogen and oxygen atoms in total. The number of aryl methyl sites for hydroxylation is 1. The van der Waals surface area contributed by atoms with E-state index in [0.717, 1.165) is 16.3 Å². The third-order valence-electron chi connectivity index (χ3n) is 2.67. The van der Waals surface area contributed by atoms with Crippen molar-refractivity contribution in [2.45, 2.75) is 6.92 Å². The molecule has 1 N–H and O–H groups in total. The lowest BCUT2D eigenvalue weighted by atomic mass is 10.0. The second-order valence-electron chi connectivity index (χ2n) is 3.80. The normalized spacial score (nSPS) is 11.1. The lowest BCUT2D eigenvalue weighted by Gasteiger charge is -2.03. The Bertz CT molecular complexity index is 694. The van der Waals surface area contributed by atoms with Crippen LogP contribution in [-0.2, 0) is 0 Å². The Labute approximate surface area is 91.5 Å². The van der Waals surface area contributed by atoms with E-state index >= 15 is 0 Å². The number of hydrogen-bond donors (Lipinski definition) is 1. The van der Waals surface area contributed by atoms with Gasteiger partial charge in [-0.25, -0.2) is 0 Å². The Morgan fingerprint density at radius 3 is 2.69 bits per heavy atom. The fraction of sp³-hybridized carbons (Fsp3) is 0.0833. The van der Waals surface area contributed by atoms with Crippen LogP contribution in [0.2, 0.25) is 0 Å². The maximum absolute atomic E-state index is 9.59. The van der Waals surface area contributed by atoms with Gasteiger partial charge in [-0.3, -0.25) is 0 Å². The first-order chi connectivity index (χ1) is 7.75. The summed E-state index contributed by atoms with van der Waals surface area (Å²) in [7, 11) is 0. The summed E-state index contributed by atoms with van der Waals surface area (Å²) < 4.78 is 0. The number of aromatic hydroxyl groups is 1. The van der Waals surface area contributed by atoms with E-state index in [0.29, 0.717) is 10.9 Å². The largest absolute Gasteiger partial charge is 0.492 e. The van der Waals surface area contributed by atoms with Gasteiger partial charge in [0.2, 0.25) is 5.88 Å². The van der Waals surface area contributed by atoms with E-state index in [2.05, 4.69) is 15.4 Å². The molecule has 0 saturated carbocycles. The molecule has 3 aromatic rings. The van der Waals surface area contributed by atoms with Crippen LogP contribution < -0.4 is 0 Å². The number of hydrogen-bond acceptors (Lipinski definition) is 4. The highest BCUT2D eigenvalue weighted by Gasteiger charge is 2.06. The maximum Gasteiger partial charge on any atom is 0.242 e. The van der Waals surface area contributed by atoms with Crippen LogP contribution in [0.1, 0.15) is 5.56 Å². The van der Waals surface area contributed by atoms with E-state index in [1.807, 2.05) is 37.3 Å². The second kappa shape index (κ2) is 3.13. The first-order valence-corrected chi connectivity index (χ1v) is 4.97. The zero-order chi connectivity index (χ0) is 11.1. The average Bonchev–Trinajstić information content (AvgIpc) is 2.29. The zero-order valence-corrected chi connectivity index (χ0v) is 8.68. The number of fused-ring (bicyclic) bond motifs is 3. The fourth-order valence-electron chi connectivity index (χ4n) is 1.87. The Morgan fingerprint density at radius 1 is 1.00 bits per heavy atom. The summed E-state index contributed by atoms with van der Waals surface area (Å²) in [6, 6.07) is 9.86. The molecule has 0 aliphatic carbocycles. The van der Waals surface area contributed by atoms with E-state index in [1.54, 1.807) is 0 Å². The van der Waals surface area contributed by atoms with Crippen LogP contribution in [0, 0.1) is 6.92 Å². The van der Waals surface area contributed by atoms with Gasteiger partial charge in [0, 0.05) is 5.39 Å². The minimum atomic E-state index is -0.0755. The smallest absolute Gasteiger partial charge is 0.242 e. The fourth-order valence-corrected chi connectivity index (χ4v) is 1.87. The number of benzene rings is 2. The minimum absolute atomic E-state index is 0.0755. The summed E-state index contributed by atoms with van der Waals surface area (Å²) in [6.45, 7) is 2.02. The van der Waals surface area contributed by atoms with Gasteiger partial charge in [0.15, 0.2) is 0 Å². The van der Waals surface area contributed by atoms with Crippen LogP contribution in [0.4, 0.5) is 0 Å². The lowest BCUT2D eigenvalue weighted by molar-refractivity contribution is 0.448. The van der Waals surface area contributed by atoms with Gasteiger partial charge >= 0.3 is 0 Å². The molecule has 16 heavy (non-hydrogen) atoms. The number of nitrogens with zero attached hydrogens (tertiary/aromatic N) is 3. The van der Waals surface area contributed by atoms with E-state index in [4.69, 9.17) is 0 Å². The van der Waals surface area contributed by atoms with Crippen LogP contribution in [0.25, 0.3) is 21.7 Å². The van der Waals surface area contributed by atoms with E-state index in [9.17, 15) is 5.11 Å². The SMILES string of the molecule is Cc1ccc2ccc3c(O)nnnc3c2c1. The average molecular weight is 211 g/mol. The van der Waals surface area contributed by atoms with Crippen molar-refractivity contribution in [3.63, 3.8) is 0 Å². The first-order valence-electron chi connectivity index (χ1n) is 4.97. The number of rotatable bonds is 0. The van der Waals surface area contributed by atoms with Gasteiger partial charge in [0.05, 0.1) is 5.39 Å². The molecule has 4 heteroatoms. The van der Waals surface area contributed by atoms with Crippen LogP contribution in [0.3, 0.4) is 0 Å². The molecule has 0 spiro atoms. The van der Waals surface area contributed by atoms with Gasteiger partial charge in [-0.2, -0.15) is 0 Å². The molecule has 1 aromatic heterocycles. The van der Waals surface area contributed by atoms with Gasteiger partial charge < -0.3 is 5.11 Å². The summed E-state index contributed by atoms with van der Waals surface area (Å²) in [5.41, 5.74) is 1.84. The topological polar surface area (TPSA) is 58.9 Å². The summed E-state index contributed by atoms with van der Waals surface area (Å²) in [6.07, 6.45) is 0. The standard InChI is InChI=1S/C12H9N3O/c1-7-2-3-8-4-5-9-11(10(8)6-7)13-15-14-12(9)16/h2-6H,1H3,(H,13,14,16). The van der Waals surface area contributed by atoms with E-state index in [1.165, 1.54) is 0 Å². The Balaban J connectivity index is 2.58. The van der Waals surface area contributed by atoms with Crippen LogP contribution in [0.5, 0.6) is 5.88 Å². The van der Waals surface area contributed by atoms with Crippen molar-refractivity contribution in [2.75, 3.05) is 0 Å². The molecule has 0 bridgehead atoms. The maximum atomic E-state index is 9.59. The van der Waals surface area contributed by atoms with Crippen molar-refractivity contribution in [3.05, 3.63) is 35.9 Å². The molecule has 0 unspecified atom stereocenters.